The van der Waals surface area contributed by atoms with Crippen LogP contribution in [0, 0.1) is 18.7 Å². The number of aryl methyl sites for hydroxylation is 1. The van der Waals surface area contributed by atoms with Gasteiger partial charge < -0.3 is 16.0 Å². The van der Waals surface area contributed by atoms with Gasteiger partial charge in [0.25, 0.3) is 0 Å². The van der Waals surface area contributed by atoms with E-state index in [0.29, 0.717) is 10.6 Å². The van der Waals surface area contributed by atoms with Gasteiger partial charge in [-0.2, -0.15) is 0 Å². The Balaban J connectivity index is 2.13. The van der Waals surface area contributed by atoms with Gasteiger partial charge in [-0.1, -0.05) is 26.0 Å². The Bertz CT molecular complexity index is 905. The molecule has 0 aliphatic rings. The lowest BCUT2D eigenvalue weighted by atomic mass is 10.0. The molecule has 1 aromatic carbocycles. The Labute approximate surface area is 181 Å². The quantitative estimate of drug-likeness (QED) is 0.623. The topological polar surface area (TPSA) is 83.1 Å². The lowest BCUT2D eigenvalue weighted by Crippen LogP contribution is -2.55. The summed E-state index contributed by atoms with van der Waals surface area (Å²) < 4.78 is 14.1. The summed E-state index contributed by atoms with van der Waals surface area (Å²) in [6, 6.07) is 5.09. The molecule has 6 nitrogen and oxygen atoms in total. The number of carbonyl (C=O) groups is 2. The molecule has 0 spiro atoms. The number of aromatic nitrogens is 1. The van der Waals surface area contributed by atoms with Gasteiger partial charge in [0.1, 0.15) is 16.9 Å². The number of carbonyl (C=O) groups excluding carboxylic acids is 2. The summed E-state index contributed by atoms with van der Waals surface area (Å²) in [6.45, 7) is 13.1. The van der Waals surface area contributed by atoms with Crippen molar-refractivity contribution in [1.82, 2.24) is 20.9 Å². The van der Waals surface area contributed by atoms with Crippen LogP contribution in [-0.2, 0) is 4.79 Å². The third-order valence-electron chi connectivity index (χ3n) is 4.41. The maximum atomic E-state index is 14.1. The number of amides is 3. The molecule has 2 aromatic rings. The standard InChI is InChI=1S/C22H31FN4O2S/c1-12(2)17(26-21(29)27-22(5,6)7)19(28)24-13(3)18-14(4)25-20(30-18)15-10-8-9-11-16(15)23/h8-13,17H,1-7H3,(H,24,28)(H2,26,27,29)/t13-,17+/m1/s1. The minimum Gasteiger partial charge on any atom is -0.347 e. The fraction of sp³-hybridized carbons (Fsp3) is 0.500. The zero-order valence-electron chi connectivity index (χ0n) is 18.6. The number of urea groups is 1. The second-order valence-electron chi connectivity index (χ2n) is 8.75. The molecule has 3 amide bonds. The lowest BCUT2D eigenvalue weighted by molar-refractivity contribution is -0.124. The molecule has 30 heavy (non-hydrogen) atoms. The van der Waals surface area contributed by atoms with Crippen LogP contribution in [0.25, 0.3) is 10.6 Å². The van der Waals surface area contributed by atoms with Gasteiger partial charge in [-0.25, -0.2) is 14.2 Å². The van der Waals surface area contributed by atoms with Crippen LogP contribution in [0.1, 0.15) is 58.2 Å². The molecule has 1 heterocycles. The van der Waals surface area contributed by atoms with Crippen LogP contribution < -0.4 is 16.0 Å². The van der Waals surface area contributed by atoms with Crippen LogP contribution in [-0.4, -0.2) is 28.5 Å². The number of nitrogens with zero attached hydrogens (tertiary/aromatic N) is 1. The molecule has 8 heteroatoms. The van der Waals surface area contributed by atoms with Crippen molar-refractivity contribution in [3.8, 4) is 10.6 Å². The zero-order valence-corrected chi connectivity index (χ0v) is 19.4. The van der Waals surface area contributed by atoms with Gasteiger partial charge in [-0.15, -0.1) is 11.3 Å². The van der Waals surface area contributed by atoms with Crippen LogP contribution in [0.2, 0.25) is 0 Å². The lowest BCUT2D eigenvalue weighted by Gasteiger charge is -2.27. The first-order valence-electron chi connectivity index (χ1n) is 10.0. The molecule has 0 aliphatic carbocycles. The van der Waals surface area contributed by atoms with E-state index >= 15 is 0 Å². The number of halogens is 1. The first-order valence-corrected chi connectivity index (χ1v) is 10.8. The highest BCUT2D eigenvalue weighted by Gasteiger charge is 2.28. The van der Waals surface area contributed by atoms with Crippen molar-refractivity contribution in [2.75, 3.05) is 0 Å². The first kappa shape index (κ1) is 23.8. The van der Waals surface area contributed by atoms with E-state index in [9.17, 15) is 14.0 Å². The van der Waals surface area contributed by atoms with E-state index in [2.05, 4.69) is 20.9 Å². The molecule has 0 bridgehead atoms. The molecule has 164 valence electrons. The minimum atomic E-state index is -0.686. The van der Waals surface area contributed by atoms with E-state index in [4.69, 9.17) is 0 Å². The molecule has 0 radical (unpaired) electrons. The molecular weight excluding hydrogens is 403 g/mol. The number of hydrogen-bond donors (Lipinski definition) is 3. The SMILES string of the molecule is Cc1nc(-c2ccccc2F)sc1[C@@H](C)NC(=O)[C@@H](NC(=O)NC(C)(C)C)C(C)C. The number of rotatable bonds is 6. The van der Waals surface area contributed by atoms with Crippen LogP contribution in [0.4, 0.5) is 9.18 Å². The minimum absolute atomic E-state index is 0.0977. The fourth-order valence-electron chi connectivity index (χ4n) is 2.98. The highest BCUT2D eigenvalue weighted by Crippen LogP contribution is 2.33. The highest BCUT2D eigenvalue weighted by molar-refractivity contribution is 7.15. The van der Waals surface area contributed by atoms with E-state index in [-0.39, 0.29) is 29.7 Å². The van der Waals surface area contributed by atoms with E-state index < -0.39 is 11.6 Å². The van der Waals surface area contributed by atoms with E-state index in [1.165, 1.54) is 17.4 Å². The zero-order chi connectivity index (χ0) is 22.6. The van der Waals surface area contributed by atoms with E-state index in [0.717, 1.165) is 10.6 Å². The van der Waals surface area contributed by atoms with Gasteiger partial charge >= 0.3 is 6.03 Å². The van der Waals surface area contributed by atoms with Crippen LogP contribution in [0.3, 0.4) is 0 Å². The van der Waals surface area contributed by atoms with Crippen LogP contribution >= 0.6 is 11.3 Å². The Kier molecular flexibility index (Phi) is 7.58. The van der Waals surface area contributed by atoms with Crippen molar-refractivity contribution >= 4 is 23.3 Å². The second kappa shape index (κ2) is 9.55. The third-order valence-corrected chi connectivity index (χ3v) is 5.79. The predicted molar refractivity (Wildman–Crippen MR) is 119 cm³/mol. The second-order valence-corrected chi connectivity index (χ2v) is 9.78. The fourth-order valence-corrected chi connectivity index (χ4v) is 4.08. The molecule has 0 fully saturated rings. The maximum absolute atomic E-state index is 14.1. The molecular formula is C22H31FN4O2S. The molecule has 2 atom stereocenters. The van der Waals surface area contributed by atoms with Gasteiger partial charge in [0.2, 0.25) is 5.91 Å². The van der Waals surface area contributed by atoms with Crippen LogP contribution in [0.15, 0.2) is 24.3 Å². The molecule has 0 unspecified atom stereocenters. The monoisotopic (exact) mass is 434 g/mol. The number of hydrogen-bond acceptors (Lipinski definition) is 4. The summed E-state index contributed by atoms with van der Waals surface area (Å²) in [5.74, 6) is -0.704. The Morgan fingerprint density at radius 3 is 2.30 bits per heavy atom. The maximum Gasteiger partial charge on any atom is 0.315 e. The van der Waals surface area contributed by atoms with Crippen LogP contribution in [0.5, 0.6) is 0 Å². The summed E-state index contributed by atoms with van der Waals surface area (Å²) in [7, 11) is 0. The molecule has 0 saturated heterocycles. The van der Waals surface area contributed by atoms with Gasteiger partial charge in [0, 0.05) is 11.1 Å². The molecule has 2 rings (SSSR count). The summed E-state index contributed by atoms with van der Waals surface area (Å²) in [4.78, 5) is 30.5. The van der Waals surface area contributed by atoms with Crippen molar-refractivity contribution in [1.29, 1.82) is 0 Å². The number of thiazole rings is 1. The van der Waals surface area contributed by atoms with E-state index in [1.54, 1.807) is 18.2 Å². The Morgan fingerprint density at radius 1 is 1.10 bits per heavy atom. The van der Waals surface area contributed by atoms with Gasteiger partial charge in [-0.05, 0) is 52.7 Å². The third kappa shape index (κ3) is 6.26. The predicted octanol–water partition coefficient (Wildman–Crippen LogP) is 4.56. The molecule has 0 saturated carbocycles. The normalized spacial score (nSPS) is 13.6. The summed E-state index contributed by atoms with van der Waals surface area (Å²) in [5.41, 5.74) is 0.777. The van der Waals surface area contributed by atoms with Gasteiger partial charge in [0.15, 0.2) is 0 Å². The number of nitrogens with one attached hydrogen (secondary N) is 3. The molecule has 1 aromatic heterocycles. The average molecular weight is 435 g/mol. The Hall–Kier alpha value is -2.48. The average Bonchev–Trinajstić information content (AvgIpc) is 2.99. The van der Waals surface area contributed by atoms with Crippen molar-refractivity contribution in [2.45, 2.75) is 66.1 Å². The molecule has 0 aliphatic heterocycles. The summed E-state index contributed by atoms with van der Waals surface area (Å²) in [6.07, 6.45) is 0. The van der Waals surface area contributed by atoms with E-state index in [1.807, 2.05) is 48.5 Å². The summed E-state index contributed by atoms with van der Waals surface area (Å²) >= 11 is 1.35. The smallest absolute Gasteiger partial charge is 0.315 e. The van der Waals surface area contributed by atoms with Crippen molar-refractivity contribution in [3.63, 3.8) is 0 Å². The highest BCUT2D eigenvalue weighted by atomic mass is 32.1. The van der Waals surface area contributed by atoms with Crippen molar-refractivity contribution < 1.29 is 14.0 Å². The number of benzene rings is 1. The summed E-state index contributed by atoms with van der Waals surface area (Å²) in [5, 5.41) is 9.10. The first-order chi connectivity index (χ1) is 13.9. The van der Waals surface area contributed by atoms with Crippen molar-refractivity contribution in [3.05, 3.63) is 40.7 Å². The Morgan fingerprint density at radius 2 is 1.73 bits per heavy atom. The largest absolute Gasteiger partial charge is 0.347 e. The van der Waals surface area contributed by atoms with Crippen molar-refractivity contribution in [2.24, 2.45) is 5.92 Å². The van der Waals surface area contributed by atoms with Gasteiger partial charge in [0.05, 0.1) is 16.6 Å². The molecule has 3 N–H and O–H groups in total. The van der Waals surface area contributed by atoms with Gasteiger partial charge in [-0.3, -0.25) is 4.79 Å².